The van der Waals surface area contributed by atoms with Crippen LogP contribution in [0.1, 0.15) is 44.2 Å². The molecule has 0 amide bonds. The Kier molecular flexibility index (Phi) is 5.53. The van der Waals surface area contributed by atoms with Gasteiger partial charge in [0.25, 0.3) is 0 Å². The zero-order valence-corrected chi connectivity index (χ0v) is 14.2. The first-order valence-corrected chi connectivity index (χ1v) is 8.68. The van der Waals surface area contributed by atoms with Crippen molar-refractivity contribution < 1.29 is 18.6 Å². The summed E-state index contributed by atoms with van der Waals surface area (Å²) < 4.78 is 32.5. The smallest absolute Gasteiger partial charge is 0.126 e. The van der Waals surface area contributed by atoms with Gasteiger partial charge in [0.15, 0.2) is 0 Å². The van der Waals surface area contributed by atoms with E-state index in [1.165, 1.54) is 12.1 Å². The summed E-state index contributed by atoms with van der Waals surface area (Å²) in [4.78, 5) is 0. The van der Waals surface area contributed by atoms with E-state index < -0.39 is 17.7 Å². The van der Waals surface area contributed by atoms with Crippen LogP contribution in [0.2, 0.25) is 0 Å². The molecule has 2 N–H and O–H groups in total. The quantitative estimate of drug-likeness (QED) is 0.815. The fourth-order valence-corrected chi connectivity index (χ4v) is 3.18. The predicted octanol–water partition coefficient (Wildman–Crippen LogP) is 4.82. The minimum atomic E-state index is -0.585. The molecule has 3 atom stereocenters. The largest absolute Gasteiger partial charge is 0.488 e. The van der Waals surface area contributed by atoms with Crippen LogP contribution in [-0.2, 0) is 0 Å². The van der Waals surface area contributed by atoms with Crippen molar-refractivity contribution in [3.8, 4) is 5.75 Å². The second-order valence-corrected chi connectivity index (χ2v) is 6.60. The third-order valence-electron chi connectivity index (χ3n) is 4.58. The summed E-state index contributed by atoms with van der Waals surface area (Å²) in [5.41, 5.74) is 1.37. The number of benzene rings is 2. The lowest BCUT2D eigenvalue weighted by molar-refractivity contribution is 0.00688. The summed E-state index contributed by atoms with van der Waals surface area (Å²) in [7, 11) is 0. The third kappa shape index (κ3) is 4.69. The van der Waals surface area contributed by atoms with Gasteiger partial charge in [-0.2, -0.15) is 0 Å². The molecule has 2 aromatic carbocycles. The summed E-state index contributed by atoms with van der Waals surface area (Å²) in [6.07, 6.45) is 3.21. The Labute approximate surface area is 146 Å². The first kappa shape index (κ1) is 17.7. The minimum absolute atomic E-state index is 0.151. The Morgan fingerprint density at radius 1 is 1.04 bits per heavy atom. The van der Waals surface area contributed by atoms with Gasteiger partial charge >= 0.3 is 0 Å². The highest BCUT2D eigenvalue weighted by molar-refractivity contribution is 5.48. The van der Waals surface area contributed by atoms with Gasteiger partial charge < -0.3 is 15.2 Å². The summed E-state index contributed by atoms with van der Waals surface area (Å²) in [6, 6.07) is 10.7. The summed E-state index contributed by atoms with van der Waals surface area (Å²) in [6.45, 7) is 1.84. The molecule has 25 heavy (non-hydrogen) atoms. The maximum absolute atomic E-state index is 13.3. The van der Waals surface area contributed by atoms with Crippen molar-refractivity contribution in [2.24, 2.45) is 0 Å². The molecule has 0 radical (unpaired) electrons. The number of rotatable bonds is 5. The van der Waals surface area contributed by atoms with Crippen molar-refractivity contribution in [1.82, 2.24) is 0 Å². The van der Waals surface area contributed by atoms with Gasteiger partial charge in [-0.25, -0.2) is 8.78 Å². The van der Waals surface area contributed by atoms with E-state index in [2.05, 4.69) is 5.32 Å². The number of ether oxygens (including phenoxy) is 1. The molecule has 0 spiro atoms. The lowest BCUT2D eigenvalue weighted by atomic mass is 9.95. The summed E-state index contributed by atoms with van der Waals surface area (Å²) in [5, 5.41) is 13.2. The van der Waals surface area contributed by atoms with Crippen molar-refractivity contribution in [3.63, 3.8) is 0 Å². The maximum Gasteiger partial charge on any atom is 0.126 e. The molecule has 0 saturated heterocycles. The normalized spacial score (nSPS) is 21.6. The van der Waals surface area contributed by atoms with Gasteiger partial charge in [-0.05, 0) is 68.1 Å². The highest BCUT2D eigenvalue weighted by Gasteiger charge is 2.24. The predicted molar refractivity (Wildman–Crippen MR) is 93.7 cm³/mol. The zero-order chi connectivity index (χ0) is 17.8. The summed E-state index contributed by atoms with van der Waals surface area (Å²) in [5.74, 6) is -0.460. The second-order valence-electron chi connectivity index (χ2n) is 6.60. The first-order chi connectivity index (χ1) is 12.0. The molecule has 134 valence electrons. The molecule has 0 heterocycles. The molecule has 3 rings (SSSR count). The Morgan fingerprint density at radius 2 is 1.68 bits per heavy atom. The molecular formula is C20H23F2NO2. The van der Waals surface area contributed by atoms with E-state index in [4.69, 9.17) is 4.74 Å². The monoisotopic (exact) mass is 347 g/mol. The topological polar surface area (TPSA) is 41.5 Å². The van der Waals surface area contributed by atoms with Crippen LogP contribution in [0.5, 0.6) is 5.75 Å². The number of anilines is 1. The van der Waals surface area contributed by atoms with Crippen molar-refractivity contribution in [3.05, 3.63) is 59.7 Å². The number of hydrogen-bond donors (Lipinski definition) is 2. The number of halogens is 2. The average molecular weight is 347 g/mol. The van der Waals surface area contributed by atoms with E-state index in [0.717, 1.165) is 37.4 Å². The second kappa shape index (κ2) is 7.83. The lowest BCUT2D eigenvalue weighted by Gasteiger charge is -2.28. The molecule has 1 aliphatic rings. The Bertz CT molecular complexity index is 685. The standard InChI is InChI=1S/C20H23F2NO2/c1-13(14-10-15(21)12-16(22)11-14)23-17-6-8-18(9-7-17)25-20-5-3-2-4-19(20)24/h6-13,19-20,23-24H,2-5H2,1H3/t13-,19+,20-/m0/s1. The van der Waals surface area contributed by atoms with E-state index in [0.29, 0.717) is 11.3 Å². The van der Waals surface area contributed by atoms with Gasteiger partial charge in [-0.1, -0.05) is 6.42 Å². The molecule has 5 heteroatoms. The molecule has 1 saturated carbocycles. The maximum atomic E-state index is 13.3. The van der Waals surface area contributed by atoms with Crippen LogP contribution >= 0.6 is 0 Å². The zero-order valence-electron chi connectivity index (χ0n) is 14.2. The van der Waals surface area contributed by atoms with Crippen molar-refractivity contribution in [2.75, 3.05) is 5.32 Å². The van der Waals surface area contributed by atoms with Crippen LogP contribution in [0, 0.1) is 11.6 Å². The molecule has 0 unspecified atom stereocenters. The Hall–Kier alpha value is -2.14. The minimum Gasteiger partial charge on any atom is -0.488 e. The molecule has 0 aromatic heterocycles. The van der Waals surface area contributed by atoms with Crippen molar-refractivity contribution in [2.45, 2.75) is 50.9 Å². The molecule has 1 fully saturated rings. The van der Waals surface area contributed by atoms with Gasteiger partial charge in [0.1, 0.15) is 23.5 Å². The molecule has 0 aliphatic heterocycles. The molecular weight excluding hydrogens is 324 g/mol. The first-order valence-electron chi connectivity index (χ1n) is 8.68. The fourth-order valence-electron chi connectivity index (χ4n) is 3.18. The van der Waals surface area contributed by atoms with E-state index in [-0.39, 0.29) is 12.1 Å². The third-order valence-corrected chi connectivity index (χ3v) is 4.58. The van der Waals surface area contributed by atoms with Crippen LogP contribution in [0.25, 0.3) is 0 Å². The average Bonchev–Trinajstić information content (AvgIpc) is 2.58. The SMILES string of the molecule is C[C@H](Nc1ccc(O[C@H]2CCCC[C@H]2O)cc1)c1cc(F)cc(F)c1. The Morgan fingerprint density at radius 3 is 2.32 bits per heavy atom. The Balaban J connectivity index is 1.62. The van der Waals surface area contributed by atoms with Crippen LogP contribution in [0.15, 0.2) is 42.5 Å². The van der Waals surface area contributed by atoms with Crippen LogP contribution in [0.3, 0.4) is 0 Å². The lowest BCUT2D eigenvalue weighted by Crippen LogP contribution is -2.34. The van der Waals surface area contributed by atoms with Crippen LogP contribution in [0.4, 0.5) is 14.5 Å². The highest BCUT2D eigenvalue weighted by atomic mass is 19.1. The van der Waals surface area contributed by atoms with Gasteiger partial charge in [0.2, 0.25) is 0 Å². The van der Waals surface area contributed by atoms with Crippen molar-refractivity contribution >= 4 is 5.69 Å². The fraction of sp³-hybridized carbons (Fsp3) is 0.400. The highest BCUT2D eigenvalue weighted by Crippen LogP contribution is 2.26. The van der Waals surface area contributed by atoms with Gasteiger partial charge in [0, 0.05) is 17.8 Å². The molecule has 1 aliphatic carbocycles. The van der Waals surface area contributed by atoms with E-state index in [9.17, 15) is 13.9 Å². The molecule has 3 nitrogen and oxygen atoms in total. The molecule has 0 bridgehead atoms. The van der Waals surface area contributed by atoms with E-state index in [1.807, 2.05) is 31.2 Å². The van der Waals surface area contributed by atoms with E-state index in [1.54, 1.807) is 0 Å². The number of aliphatic hydroxyl groups excluding tert-OH is 1. The molecule has 2 aromatic rings. The van der Waals surface area contributed by atoms with Crippen LogP contribution < -0.4 is 10.1 Å². The number of nitrogens with one attached hydrogen (secondary N) is 1. The number of aliphatic hydroxyl groups is 1. The van der Waals surface area contributed by atoms with Gasteiger partial charge in [-0.15, -0.1) is 0 Å². The van der Waals surface area contributed by atoms with Crippen molar-refractivity contribution in [1.29, 1.82) is 0 Å². The van der Waals surface area contributed by atoms with E-state index >= 15 is 0 Å². The van der Waals surface area contributed by atoms with Gasteiger partial charge in [0.05, 0.1) is 6.10 Å². The van der Waals surface area contributed by atoms with Crippen LogP contribution in [-0.4, -0.2) is 17.3 Å². The van der Waals surface area contributed by atoms with Gasteiger partial charge in [-0.3, -0.25) is 0 Å². The summed E-state index contributed by atoms with van der Waals surface area (Å²) >= 11 is 0. The number of hydrogen-bond acceptors (Lipinski definition) is 3.